The summed E-state index contributed by atoms with van der Waals surface area (Å²) in [7, 11) is 3.32. The first-order valence-electron chi connectivity index (χ1n) is 13.3. The number of hydrogen-bond acceptors (Lipinski definition) is 4. The van der Waals surface area contributed by atoms with Gasteiger partial charge in [0.25, 0.3) is 5.91 Å². The van der Waals surface area contributed by atoms with E-state index in [2.05, 4.69) is 34.1 Å². The van der Waals surface area contributed by atoms with Crippen molar-refractivity contribution in [2.24, 2.45) is 11.8 Å². The molecule has 2 aliphatic rings. The van der Waals surface area contributed by atoms with Gasteiger partial charge in [0.15, 0.2) is 0 Å². The molecular weight excluding hydrogens is 476 g/mol. The molecular formula is C31H32N4O3. The van der Waals surface area contributed by atoms with Gasteiger partial charge in [-0.15, -0.1) is 0 Å². The van der Waals surface area contributed by atoms with Gasteiger partial charge >= 0.3 is 0 Å². The minimum Gasteiger partial charge on any atom is -0.497 e. The molecule has 2 heterocycles. The molecule has 1 aromatic heterocycles. The molecule has 1 aliphatic heterocycles. The van der Waals surface area contributed by atoms with E-state index < -0.39 is 0 Å². The quantitative estimate of drug-likeness (QED) is 0.381. The molecule has 1 saturated heterocycles. The Kier molecular flexibility index (Phi) is 6.35. The maximum Gasteiger partial charge on any atom is 0.253 e. The Labute approximate surface area is 222 Å². The van der Waals surface area contributed by atoms with Gasteiger partial charge in [-0.25, -0.2) is 4.98 Å². The van der Waals surface area contributed by atoms with Crippen LogP contribution in [0, 0.1) is 11.8 Å². The number of aromatic nitrogens is 2. The lowest BCUT2D eigenvalue weighted by molar-refractivity contribution is -0.131. The highest BCUT2D eigenvalue weighted by atomic mass is 16.5. The molecule has 3 aromatic carbocycles. The number of likely N-dealkylation sites (tertiary alicyclic amines) is 1. The SMILES string of the molecule is CNC(=O)c1cccc2nc(-c3ccc(-c4ccc(OC)cc4)cc3)n(C[C@H]3CCN(C(=O)C4CC4)C3)c12. The molecule has 2 amide bonds. The van der Waals surface area contributed by atoms with E-state index in [9.17, 15) is 9.59 Å². The van der Waals surface area contributed by atoms with E-state index in [1.807, 2.05) is 47.4 Å². The highest BCUT2D eigenvalue weighted by molar-refractivity contribution is 6.05. The van der Waals surface area contributed by atoms with Crippen LogP contribution in [0.4, 0.5) is 0 Å². The summed E-state index contributed by atoms with van der Waals surface area (Å²) in [5.41, 5.74) is 5.46. The van der Waals surface area contributed by atoms with Crippen molar-refractivity contribution in [3.05, 3.63) is 72.3 Å². The molecule has 7 heteroatoms. The number of carbonyl (C=O) groups is 2. The van der Waals surface area contributed by atoms with Crippen molar-refractivity contribution in [2.75, 3.05) is 27.2 Å². The summed E-state index contributed by atoms with van der Waals surface area (Å²) < 4.78 is 7.48. The minimum atomic E-state index is -0.130. The van der Waals surface area contributed by atoms with Crippen LogP contribution >= 0.6 is 0 Å². The molecule has 1 atom stereocenters. The number of ether oxygens (including phenoxy) is 1. The lowest BCUT2D eigenvalue weighted by atomic mass is 10.0. The molecule has 0 bridgehead atoms. The third kappa shape index (κ3) is 4.53. The van der Waals surface area contributed by atoms with Gasteiger partial charge < -0.3 is 19.5 Å². The highest BCUT2D eigenvalue weighted by Gasteiger charge is 2.37. The highest BCUT2D eigenvalue weighted by Crippen LogP contribution is 2.35. The summed E-state index contributed by atoms with van der Waals surface area (Å²) >= 11 is 0. The smallest absolute Gasteiger partial charge is 0.253 e. The van der Waals surface area contributed by atoms with Gasteiger partial charge in [-0.05, 0) is 60.6 Å². The second-order valence-electron chi connectivity index (χ2n) is 10.3. The maximum atomic E-state index is 12.8. The first-order valence-corrected chi connectivity index (χ1v) is 13.3. The molecule has 4 aromatic rings. The molecule has 1 saturated carbocycles. The molecule has 0 unspecified atom stereocenters. The van der Waals surface area contributed by atoms with Crippen LogP contribution < -0.4 is 10.1 Å². The van der Waals surface area contributed by atoms with Crippen molar-refractivity contribution in [3.8, 4) is 28.3 Å². The number of carbonyl (C=O) groups excluding carboxylic acids is 2. The zero-order valence-electron chi connectivity index (χ0n) is 21.8. The Bertz CT molecular complexity index is 1490. The van der Waals surface area contributed by atoms with Gasteiger partial charge in [-0.1, -0.05) is 42.5 Å². The number of nitrogens with zero attached hydrogens (tertiary/aromatic N) is 3. The van der Waals surface area contributed by atoms with Crippen LogP contribution in [-0.4, -0.2) is 53.5 Å². The van der Waals surface area contributed by atoms with Crippen LogP contribution in [0.3, 0.4) is 0 Å². The van der Waals surface area contributed by atoms with E-state index in [-0.39, 0.29) is 11.8 Å². The number of benzene rings is 3. The Morgan fingerprint density at radius 2 is 1.63 bits per heavy atom. The number of hydrogen-bond donors (Lipinski definition) is 1. The topological polar surface area (TPSA) is 76.5 Å². The van der Waals surface area contributed by atoms with Crippen molar-refractivity contribution in [3.63, 3.8) is 0 Å². The normalized spacial score (nSPS) is 17.1. The summed E-state index contributed by atoms with van der Waals surface area (Å²) in [5, 5.41) is 2.78. The van der Waals surface area contributed by atoms with Crippen molar-refractivity contribution in [1.29, 1.82) is 0 Å². The van der Waals surface area contributed by atoms with Crippen LogP contribution in [0.5, 0.6) is 5.75 Å². The fourth-order valence-electron chi connectivity index (χ4n) is 5.53. The molecule has 7 nitrogen and oxygen atoms in total. The predicted octanol–water partition coefficient (Wildman–Crippen LogP) is 5.00. The van der Waals surface area contributed by atoms with E-state index in [1.54, 1.807) is 14.2 Å². The van der Waals surface area contributed by atoms with Crippen LogP contribution in [0.2, 0.25) is 0 Å². The van der Waals surface area contributed by atoms with E-state index >= 15 is 0 Å². The first kappa shape index (κ1) is 24.2. The second-order valence-corrected chi connectivity index (χ2v) is 10.3. The molecule has 1 aliphatic carbocycles. The standard InChI is InChI=1S/C31H32N4O3/c1-32-30(36)26-4-3-5-27-28(26)35(19-20-16-17-34(18-20)31(37)24-10-11-24)29(33-27)23-8-6-21(7-9-23)22-12-14-25(38-2)15-13-22/h3-9,12-15,20,24H,10-11,16-19H2,1-2H3,(H,32,36)/t20-/m0/s1. The fourth-order valence-corrected chi connectivity index (χ4v) is 5.53. The van der Waals surface area contributed by atoms with E-state index in [1.165, 1.54) is 0 Å². The minimum absolute atomic E-state index is 0.130. The van der Waals surface area contributed by atoms with Gasteiger partial charge in [0.05, 0.1) is 23.7 Å². The zero-order chi connectivity index (χ0) is 26.2. The fraction of sp³-hybridized carbons (Fsp3) is 0.323. The van der Waals surface area contributed by atoms with E-state index in [4.69, 9.17) is 9.72 Å². The van der Waals surface area contributed by atoms with Gasteiger partial charge in [-0.2, -0.15) is 0 Å². The number of methoxy groups -OCH3 is 1. The molecule has 0 radical (unpaired) electrons. The molecule has 6 rings (SSSR count). The number of imidazole rings is 1. The molecule has 38 heavy (non-hydrogen) atoms. The van der Waals surface area contributed by atoms with Crippen molar-refractivity contribution in [1.82, 2.24) is 19.8 Å². The van der Waals surface area contributed by atoms with E-state index in [0.29, 0.717) is 23.9 Å². The largest absolute Gasteiger partial charge is 0.497 e. The lowest BCUT2D eigenvalue weighted by Crippen LogP contribution is -2.30. The summed E-state index contributed by atoms with van der Waals surface area (Å²) in [5.74, 6) is 2.39. The van der Waals surface area contributed by atoms with Crippen molar-refractivity contribution < 1.29 is 14.3 Å². The third-order valence-corrected chi connectivity index (χ3v) is 7.77. The number of para-hydroxylation sites is 1. The van der Waals surface area contributed by atoms with Gasteiger partial charge in [0.1, 0.15) is 11.6 Å². The van der Waals surface area contributed by atoms with Crippen LogP contribution in [0.15, 0.2) is 66.7 Å². The summed E-state index contributed by atoms with van der Waals surface area (Å²) in [4.78, 5) is 32.5. The van der Waals surface area contributed by atoms with Gasteiger partial charge in [0, 0.05) is 38.2 Å². The molecule has 1 N–H and O–H groups in total. The maximum absolute atomic E-state index is 12.8. The Morgan fingerprint density at radius 1 is 0.947 bits per heavy atom. The van der Waals surface area contributed by atoms with Gasteiger partial charge in [0.2, 0.25) is 5.91 Å². The number of fused-ring (bicyclic) bond motifs is 1. The average Bonchev–Trinajstić information content (AvgIpc) is 3.61. The Morgan fingerprint density at radius 3 is 2.29 bits per heavy atom. The van der Waals surface area contributed by atoms with E-state index in [0.717, 1.165) is 71.6 Å². The number of amides is 2. The van der Waals surface area contributed by atoms with Gasteiger partial charge in [-0.3, -0.25) is 9.59 Å². The first-order chi connectivity index (χ1) is 18.6. The Hall–Kier alpha value is -4.13. The Balaban J connectivity index is 1.36. The molecule has 2 fully saturated rings. The molecule has 194 valence electrons. The number of rotatable bonds is 7. The third-order valence-electron chi connectivity index (χ3n) is 7.77. The van der Waals surface area contributed by atoms with Crippen molar-refractivity contribution in [2.45, 2.75) is 25.8 Å². The monoisotopic (exact) mass is 508 g/mol. The lowest BCUT2D eigenvalue weighted by Gasteiger charge is -2.18. The summed E-state index contributed by atoms with van der Waals surface area (Å²) in [6.45, 7) is 2.27. The van der Waals surface area contributed by atoms with Crippen LogP contribution in [0.1, 0.15) is 29.6 Å². The second kappa shape index (κ2) is 9.97. The average molecular weight is 509 g/mol. The van der Waals surface area contributed by atoms with Crippen LogP contribution in [0.25, 0.3) is 33.5 Å². The predicted molar refractivity (Wildman–Crippen MR) is 148 cm³/mol. The molecule has 0 spiro atoms. The summed E-state index contributed by atoms with van der Waals surface area (Å²) in [6.07, 6.45) is 3.01. The zero-order valence-corrected chi connectivity index (χ0v) is 21.8. The van der Waals surface area contributed by atoms with Crippen molar-refractivity contribution >= 4 is 22.8 Å². The van der Waals surface area contributed by atoms with Crippen LogP contribution in [-0.2, 0) is 11.3 Å². The summed E-state index contributed by atoms with van der Waals surface area (Å²) in [6, 6.07) is 22.1. The number of nitrogens with one attached hydrogen (secondary N) is 1.